The van der Waals surface area contributed by atoms with E-state index < -0.39 is 14.9 Å². The van der Waals surface area contributed by atoms with Crippen LogP contribution in [0.1, 0.15) is 34.8 Å². The minimum absolute atomic E-state index is 0.102. The van der Waals surface area contributed by atoms with Crippen LogP contribution in [0.3, 0.4) is 0 Å². The average Bonchev–Trinajstić information content (AvgIpc) is 2.93. The SMILES string of the molecule is Cc1ccc(NS(=O)(=O)c2cc([N+](=O)[O-])ccc2NN=C2CC(c3ccccc3)Oc3ccccc32)c(C)c1. The lowest BCUT2D eigenvalue weighted by Gasteiger charge is -2.27. The maximum atomic E-state index is 13.5. The molecule has 0 radical (unpaired) electrons. The summed E-state index contributed by atoms with van der Waals surface area (Å²) in [5, 5.41) is 16.1. The first-order valence-corrected chi connectivity index (χ1v) is 13.7. The number of hydrogen-bond acceptors (Lipinski definition) is 7. The lowest BCUT2D eigenvalue weighted by Crippen LogP contribution is -2.22. The van der Waals surface area contributed by atoms with Crippen molar-refractivity contribution in [2.75, 3.05) is 10.1 Å². The van der Waals surface area contributed by atoms with E-state index in [0.29, 0.717) is 23.6 Å². The number of hydrazone groups is 1. The fourth-order valence-electron chi connectivity index (χ4n) is 4.44. The van der Waals surface area contributed by atoms with Crippen molar-refractivity contribution in [2.45, 2.75) is 31.3 Å². The Morgan fingerprint density at radius 2 is 1.64 bits per heavy atom. The Morgan fingerprint density at radius 3 is 2.38 bits per heavy atom. The maximum Gasteiger partial charge on any atom is 0.270 e. The van der Waals surface area contributed by atoms with Crippen LogP contribution in [0, 0.1) is 24.0 Å². The number of anilines is 2. The predicted molar refractivity (Wildman–Crippen MR) is 151 cm³/mol. The van der Waals surface area contributed by atoms with Gasteiger partial charge in [0.15, 0.2) is 0 Å². The minimum Gasteiger partial charge on any atom is -0.485 e. The van der Waals surface area contributed by atoms with Crippen molar-refractivity contribution in [3.63, 3.8) is 0 Å². The number of nitro benzene ring substituents is 1. The molecule has 9 nitrogen and oxygen atoms in total. The number of benzene rings is 4. The molecule has 198 valence electrons. The van der Waals surface area contributed by atoms with E-state index in [-0.39, 0.29) is 22.4 Å². The van der Waals surface area contributed by atoms with Crippen molar-refractivity contribution < 1.29 is 18.1 Å². The summed E-state index contributed by atoms with van der Waals surface area (Å²) in [6.45, 7) is 3.69. The molecule has 0 spiro atoms. The quantitative estimate of drug-likeness (QED) is 0.207. The van der Waals surface area contributed by atoms with Crippen LogP contribution in [0.2, 0.25) is 0 Å². The van der Waals surface area contributed by atoms with Crippen LogP contribution in [0.4, 0.5) is 17.1 Å². The molecule has 1 heterocycles. The van der Waals surface area contributed by atoms with Gasteiger partial charge in [0.05, 0.1) is 22.0 Å². The molecule has 4 aromatic carbocycles. The van der Waals surface area contributed by atoms with Gasteiger partial charge in [-0.2, -0.15) is 5.10 Å². The molecule has 0 aliphatic carbocycles. The fourth-order valence-corrected chi connectivity index (χ4v) is 5.75. The summed E-state index contributed by atoms with van der Waals surface area (Å²) in [6.07, 6.45) is 0.150. The van der Waals surface area contributed by atoms with Gasteiger partial charge in [0.1, 0.15) is 16.7 Å². The van der Waals surface area contributed by atoms with Gasteiger partial charge in [-0.3, -0.25) is 20.3 Å². The lowest BCUT2D eigenvalue weighted by atomic mass is 9.96. The summed E-state index contributed by atoms with van der Waals surface area (Å²) in [4.78, 5) is 10.6. The number of ether oxygens (including phenoxy) is 1. The highest BCUT2D eigenvalue weighted by molar-refractivity contribution is 7.92. The molecule has 4 aromatic rings. The smallest absolute Gasteiger partial charge is 0.270 e. The minimum atomic E-state index is -4.21. The standard InChI is InChI=1S/C29H26N4O5S/c1-19-12-14-24(20(2)16-19)32-39(36,37)29-17-22(33(34)35)13-15-25(29)30-31-26-18-28(21-8-4-3-5-9-21)38-27-11-7-6-10-23(26)27/h3-17,28,30,32H,18H2,1-2H3. The van der Waals surface area contributed by atoms with Gasteiger partial charge in [-0.1, -0.05) is 60.2 Å². The molecule has 1 aliphatic heterocycles. The van der Waals surface area contributed by atoms with Gasteiger partial charge >= 0.3 is 0 Å². The van der Waals surface area contributed by atoms with Crippen molar-refractivity contribution in [3.8, 4) is 5.75 Å². The molecule has 0 saturated heterocycles. The zero-order chi connectivity index (χ0) is 27.6. The third kappa shape index (κ3) is 5.60. The van der Waals surface area contributed by atoms with Crippen molar-refractivity contribution in [3.05, 3.63) is 123 Å². The van der Waals surface area contributed by atoms with Crippen LogP contribution >= 0.6 is 0 Å². The van der Waals surface area contributed by atoms with E-state index in [2.05, 4.69) is 15.2 Å². The topological polar surface area (TPSA) is 123 Å². The number of nitro groups is 1. The van der Waals surface area contributed by atoms with E-state index in [1.807, 2.05) is 67.6 Å². The largest absolute Gasteiger partial charge is 0.485 e. The van der Waals surface area contributed by atoms with E-state index in [4.69, 9.17) is 4.74 Å². The summed E-state index contributed by atoms with van der Waals surface area (Å²) in [6, 6.07) is 26.1. The number of para-hydroxylation sites is 1. The molecule has 5 rings (SSSR count). The van der Waals surface area contributed by atoms with Gasteiger partial charge in [-0.15, -0.1) is 0 Å². The number of sulfonamides is 1. The maximum absolute atomic E-state index is 13.5. The molecule has 2 N–H and O–H groups in total. The molecule has 0 fully saturated rings. The van der Waals surface area contributed by atoms with Gasteiger partial charge in [0.25, 0.3) is 15.7 Å². The zero-order valence-corrected chi connectivity index (χ0v) is 22.1. The normalized spacial score (nSPS) is 15.7. The Morgan fingerprint density at radius 1 is 0.923 bits per heavy atom. The molecule has 0 amide bonds. The number of nitrogens with zero attached hydrogens (tertiary/aromatic N) is 2. The van der Waals surface area contributed by atoms with Gasteiger partial charge in [-0.25, -0.2) is 8.42 Å². The molecule has 39 heavy (non-hydrogen) atoms. The van der Waals surface area contributed by atoms with Gasteiger partial charge < -0.3 is 4.74 Å². The Kier molecular flexibility index (Phi) is 7.03. The number of hydrogen-bond donors (Lipinski definition) is 2. The van der Waals surface area contributed by atoms with Crippen LogP contribution in [0.25, 0.3) is 0 Å². The zero-order valence-electron chi connectivity index (χ0n) is 21.3. The monoisotopic (exact) mass is 542 g/mol. The summed E-state index contributed by atoms with van der Waals surface area (Å²) in [5.74, 6) is 0.659. The summed E-state index contributed by atoms with van der Waals surface area (Å²) >= 11 is 0. The van der Waals surface area contributed by atoms with Crippen LogP contribution in [0.5, 0.6) is 5.75 Å². The molecular formula is C29H26N4O5S. The highest BCUT2D eigenvalue weighted by Gasteiger charge is 2.27. The van der Waals surface area contributed by atoms with E-state index in [9.17, 15) is 18.5 Å². The molecule has 10 heteroatoms. The van der Waals surface area contributed by atoms with Gasteiger partial charge in [0.2, 0.25) is 0 Å². The van der Waals surface area contributed by atoms with E-state index >= 15 is 0 Å². The molecule has 0 bridgehead atoms. The first kappa shape index (κ1) is 25.9. The van der Waals surface area contributed by atoms with Gasteiger partial charge in [0, 0.05) is 24.1 Å². The second-order valence-corrected chi connectivity index (χ2v) is 10.9. The molecule has 0 aromatic heterocycles. The second kappa shape index (κ2) is 10.6. The van der Waals surface area contributed by atoms with Crippen LogP contribution in [-0.2, 0) is 10.0 Å². The number of aryl methyl sites for hydroxylation is 2. The third-order valence-corrected chi connectivity index (χ3v) is 7.83. The number of fused-ring (bicyclic) bond motifs is 1. The molecule has 1 aliphatic rings. The number of nitrogens with one attached hydrogen (secondary N) is 2. The summed E-state index contributed by atoms with van der Waals surface area (Å²) < 4.78 is 35.7. The lowest BCUT2D eigenvalue weighted by molar-refractivity contribution is -0.385. The van der Waals surface area contributed by atoms with Crippen molar-refractivity contribution in [2.24, 2.45) is 5.10 Å². The van der Waals surface area contributed by atoms with Crippen molar-refractivity contribution in [1.29, 1.82) is 0 Å². The Hall–Kier alpha value is -4.70. The predicted octanol–water partition coefficient (Wildman–Crippen LogP) is 6.35. The first-order valence-electron chi connectivity index (χ1n) is 12.2. The molecule has 0 saturated carbocycles. The Bertz CT molecular complexity index is 1690. The fraction of sp³-hybridized carbons (Fsp3) is 0.138. The Balaban J connectivity index is 1.52. The van der Waals surface area contributed by atoms with Crippen molar-refractivity contribution >= 4 is 32.8 Å². The van der Waals surface area contributed by atoms with E-state index in [1.165, 1.54) is 12.1 Å². The molecule has 1 unspecified atom stereocenters. The van der Waals surface area contributed by atoms with Crippen LogP contribution < -0.4 is 14.9 Å². The number of rotatable bonds is 7. The molecule has 1 atom stereocenters. The summed E-state index contributed by atoms with van der Waals surface area (Å²) in [7, 11) is -4.21. The average molecular weight is 543 g/mol. The highest BCUT2D eigenvalue weighted by Crippen LogP contribution is 2.36. The highest BCUT2D eigenvalue weighted by atomic mass is 32.2. The van der Waals surface area contributed by atoms with Gasteiger partial charge in [-0.05, 0) is 49.2 Å². The molecular weight excluding hydrogens is 516 g/mol. The Labute approximate surface area is 226 Å². The first-order chi connectivity index (χ1) is 18.7. The summed E-state index contributed by atoms with van der Waals surface area (Å²) in [5.41, 5.74) is 7.13. The van der Waals surface area contributed by atoms with Crippen LogP contribution in [0.15, 0.2) is 101 Å². The third-order valence-electron chi connectivity index (χ3n) is 6.42. The van der Waals surface area contributed by atoms with E-state index in [0.717, 1.165) is 28.3 Å². The van der Waals surface area contributed by atoms with E-state index in [1.54, 1.807) is 19.1 Å². The van der Waals surface area contributed by atoms with Crippen molar-refractivity contribution in [1.82, 2.24) is 0 Å². The second-order valence-electron chi connectivity index (χ2n) is 9.25. The van der Waals surface area contributed by atoms with Crippen LogP contribution in [-0.4, -0.2) is 19.1 Å². The number of non-ortho nitro benzene ring substituents is 1.